The first-order chi connectivity index (χ1) is 6.63. The van der Waals surface area contributed by atoms with Gasteiger partial charge in [0.25, 0.3) is 0 Å². The Bertz CT molecular complexity index is 227. The van der Waals surface area contributed by atoms with E-state index in [4.69, 9.17) is 10.2 Å². The van der Waals surface area contributed by atoms with Gasteiger partial charge in [-0.1, -0.05) is 0 Å². The summed E-state index contributed by atoms with van der Waals surface area (Å²) in [5.74, 6) is -1.63. The quantitative estimate of drug-likeness (QED) is 0.411. The zero-order valence-electron chi connectivity index (χ0n) is 7.69. The van der Waals surface area contributed by atoms with Crippen LogP contribution in [-0.4, -0.2) is 47.3 Å². The number of carboxylic acids is 1. The Morgan fingerprint density at radius 1 is 1.43 bits per heavy atom. The van der Waals surface area contributed by atoms with Gasteiger partial charge in [0, 0.05) is 6.04 Å². The van der Waals surface area contributed by atoms with Crippen LogP contribution in [0.1, 0.15) is 12.8 Å². The van der Waals surface area contributed by atoms with Crippen molar-refractivity contribution < 1.29 is 19.8 Å². The predicted molar refractivity (Wildman–Crippen MR) is 47.7 cm³/mol. The third kappa shape index (κ3) is 3.71. The molecule has 1 fully saturated rings. The van der Waals surface area contributed by atoms with Crippen LogP contribution < -0.4 is 10.6 Å². The number of hydrogen-bond donors (Lipinski definition) is 4. The van der Waals surface area contributed by atoms with Crippen molar-refractivity contribution in [1.29, 1.82) is 0 Å². The predicted octanol–water partition coefficient (Wildman–Crippen LogP) is -1.70. The SMILES string of the molecule is O=C(CNC1CC1)N[C@@H](CO)C(=O)O. The lowest BCUT2D eigenvalue weighted by atomic mass is 10.3. The van der Waals surface area contributed by atoms with Crippen LogP contribution in [0.5, 0.6) is 0 Å². The molecule has 1 aliphatic carbocycles. The maximum Gasteiger partial charge on any atom is 0.328 e. The van der Waals surface area contributed by atoms with E-state index in [9.17, 15) is 9.59 Å². The van der Waals surface area contributed by atoms with Gasteiger partial charge in [-0.2, -0.15) is 0 Å². The third-order valence-corrected chi connectivity index (χ3v) is 1.94. The van der Waals surface area contributed by atoms with Crippen molar-refractivity contribution in [2.45, 2.75) is 24.9 Å². The van der Waals surface area contributed by atoms with Gasteiger partial charge in [0.15, 0.2) is 0 Å². The Morgan fingerprint density at radius 3 is 2.50 bits per heavy atom. The molecule has 1 rings (SSSR count). The number of hydrogen-bond acceptors (Lipinski definition) is 4. The van der Waals surface area contributed by atoms with Crippen molar-refractivity contribution in [2.24, 2.45) is 0 Å². The highest BCUT2D eigenvalue weighted by Gasteiger charge is 2.23. The van der Waals surface area contributed by atoms with Crippen molar-refractivity contribution in [1.82, 2.24) is 10.6 Å². The molecule has 1 aliphatic rings. The molecule has 1 atom stereocenters. The van der Waals surface area contributed by atoms with Crippen molar-refractivity contribution >= 4 is 11.9 Å². The van der Waals surface area contributed by atoms with Crippen molar-refractivity contribution in [2.75, 3.05) is 13.2 Å². The van der Waals surface area contributed by atoms with Crippen LogP contribution in [0.3, 0.4) is 0 Å². The first-order valence-electron chi connectivity index (χ1n) is 4.50. The van der Waals surface area contributed by atoms with E-state index in [1.165, 1.54) is 0 Å². The highest BCUT2D eigenvalue weighted by atomic mass is 16.4. The molecule has 0 aromatic heterocycles. The fourth-order valence-corrected chi connectivity index (χ4v) is 0.955. The molecule has 80 valence electrons. The second-order valence-electron chi connectivity index (χ2n) is 3.30. The molecule has 0 radical (unpaired) electrons. The fraction of sp³-hybridized carbons (Fsp3) is 0.750. The lowest BCUT2D eigenvalue weighted by Crippen LogP contribution is -2.46. The van der Waals surface area contributed by atoms with Crippen LogP contribution in [0.4, 0.5) is 0 Å². The van der Waals surface area contributed by atoms with E-state index in [2.05, 4.69) is 10.6 Å². The summed E-state index contributed by atoms with van der Waals surface area (Å²) in [5.41, 5.74) is 0. The summed E-state index contributed by atoms with van der Waals surface area (Å²) in [5, 5.41) is 22.3. The number of nitrogens with one attached hydrogen (secondary N) is 2. The van der Waals surface area contributed by atoms with Crippen LogP contribution in [-0.2, 0) is 9.59 Å². The first-order valence-corrected chi connectivity index (χ1v) is 4.50. The molecule has 6 heteroatoms. The maximum absolute atomic E-state index is 11.1. The molecule has 0 saturated heterocycles. The fourth-order valence-electron chi connectivity index (χ4n) is 0.955. The van der Waals surface area contributed by atoms with Crippen LogP contribution >= 0.6 is 0 Å². The Hall–Kier alpha value is -1.14. The minimum atomic E-state index is -1.23. The molecule has 14 heavy (non-hydrogen) atoms. The first kappa shape index (κ1) is 10.9. The number of aliphatic carboxylic acids is 1. The second-order valence-corrected chi connectivity index (χ2v) is 3.30. The van der Waals surface area contributed by atoms with Crippen LogP contribution in [0.15, 0.2) is 0 Å². The molecule has 0 aromatic carbocycles. The Morgan fingerprint density at radius 2 is 2.07 bits per heavy atom. The van der Waals surface area contributed by atoms with E-state index in [1.807, 2.05) is 0 Å². The van der Waals surface area contributed by atoms with Crippen molar-refractivity contribution in [3.05, 3.63) is 0 Å². The molecular weight excluding hydrogens is 188 g/mol. The highest BCUT2D eigenvalue weighted by Crippen LogP contribution is 2.17. The Labute approximate surface area is 81.3 Å². The van der Waals surface area contributed by atoms with Gasteiger partial charge in [0.1, 0.15) is 6.04 Å². The molecule has 0 aliphatic heterocycles. The number of aliphatic hydroxyl groups is 1. The zero-order valence-corrected chi connectivity index (χ0v) is 7.69. The molecule has 0 spiro atoms. The summed E-state index contributed by atoms with van der Waals surface area (Å²) in [6.45, 7) is -0.487. The number of amides is 1. The number of carbonyl (C=O) groups excluding carboxylic acids is 1. The van der Waals surface area contributed by atoms with Gasteiger partial charge in [-0.25, -0.2) is 4.79 Å². The number of carbonyl (C=O) groups is 2. The van der Waals surface area contributed by atoms with Gasteiger partial charge in [-0.15, -0.1) is 0 Å². The van der Waals surface area contributed by atoms with Gasteiger partial charge in [-0.3, -0.25) is 4.79 Å². The summed E-state index contributed by atoms with van der Waals surface area (Å²) < 4.78 is 0. The lowest BCUT2D eigenvalue weighted by Gasteiger charge is -2.11. The van der Waals surface area contributed by atoms with E-state index in [0.717, 1.165) is 12.8 Å². The van der Waals surface area contributed by atoms with Crippen molar-refractivity contribution in [3.8, 4) is 0 Å². The van der Waals surface area contributed by atoms with Gasteiger partial charge >= 0.3 is 5.97 Å². The molecule has 1 amide bonds. The number of aliphatic hydroxyl groups excluding tert-OH is 1. The van der Waals surface area contributed by atoms with Crippen LogP contribution in [0.25, 0.3) is 0 Å². The summed E-state index contributed by atoms with van der Waals surface area (Å²) in [6, 6.07) is -0.804. The Kier molecular flexibility index (Phi) is 3.84. The van der Waals surface area contributed by atoms with Gasteiger partial charge < -0.3 is 20.8 Å². The molecule has 1 saturated carbocycles. The average Bonchev–Trinajstić information content (AvgIpc) is 2.93. The smallest absolute Gasteiger partial charge is 0.328 e. The van der Waals surface area contributed by atoms with E-state index in [1.54, 1.807) is 0 Å². The third-order valence-electron chi connectivity index (χ3n) is 1.94. The van der Waals surface area contributed by atoms with Gasteiger partial charge in [0.05, 0.1) is 13.2 Å². The monoisotopic (exact) mass is 202 g/mol. The second kappa shape index (κ2) is 4.92. The van der Waals surface area contributed by atoms with E-state index in [-0.39, 0.29) is 6.54 Å². The molecule has 0 aromatic rings. The standard InChI is InChI=1S/C8H14N2O4/c11-4-6(8(13)14)10-7(12)3-9-5-1-2-5/h5-6,9,11H,1-4H2,(H,10,12)(H,13,14)/t6-/m0/s1. The van der Waals surface area contributed by atoms with Crippen LogP contribution in [0.2, 0.25) is 0 Å². The normalized spacial score (nSPS) is 17.5. The van der Waals surface area contributed by atoms with Crippen LogP contribution in [0, 0.1) is 0 Å². The van der Waals surface area contributed by atoms with E-state index < -0.39 is 24.5 Å². The molecule has 0 heterocycles. The summed E-state index contributed by atoms with van der Waals surface area (Å²) in [7, 11) is 0. The van der Waals surface area contributed by atoms with E-state index >= 15 is 0 Å². The largest absolute Gasteiger partial charge is 0.480 e. The van der Waals surface area contributed by atoms with E-state index in [0.29, 0.717) is 6.04 Å². The topological polar surface area (TPSA) is 98.7 Å². The number of carboxylic acid groups (broad SMARTS) is 1. The molecule has 4 N–H and O–H groups in total. The summed E-state index contributed by atoms with van der Waals surface area (Å²) in [6.07, 6.45) is 2.13. The summed E-state index contributed by atoms with van der Waals surface area (Å²) in [4.78, 5) is 21.5. The zero-order chi connectivity index (χ0) is 10.6. The average molecular weight is 202 g/mol. The molecule has 6 nitrogen and oxygen atoms in total. The van der Waals surface area contributed by atoms with Gasteiger partial charge in [-0.05, 0) is 12.8 Å². The Balaban J connectivity index is 2.19. The lowest BCUT2D eigenvalue weighted by molar-refractivity contribution is -0.142. The van der Waals surface area contributed by atoms with Crippen molar-refractivity contribution in [3.63, 3.8) is 0 Å². The summed E-state index contributed by atoms with van der Waals surface area (Å²) >= 11 is 0. The minimum absolute atomic E-state index is 0.106. The number of rotatable bonds is 6. The van der Waals surface area contributed by atoms with Gasteiger partial charge in [0.2, 0.25) is 5.91 Å². The molecule has 0 bridgehead atoms. The maximum atomic E-state index is 11.1. The molecule has 0 unspecified atom stereocenters. The highest BCUT2D eigenvalue weighted by molar-refractivity contribution is 5.84. The molecular formula is C8H14N2O4. The minimum Gasteiger partial charge on any atom is -0.480 e.